The Balaban J connectivity index is 1.45. The first-order valence-electron chi connectivity index (χ1n) is 12.0. The summed E-state index contributed by atoms with van der Waals surface area (Å²) in [6, 6.07) is 5.55. The van der Waals surface area contributed by atoms with Crippen molar-refractivity contribution in [3.8, 4) is 5.75 Å². The number of fused-ring (bicyclic) bond motifs is 1. The highest BCUT2D eigenvalue weighted by Gasteiger charge is 2.26. The first-order chi connectivity index (χ1) is 16.1. The molecule has 0 radical (unpaired) electrons. The highest BCUT2D eigenvalue weighted by molar-refractivity contribution is 5.99. The molecular formula is C26H36N2O6. The van der Waals surface area contributed by atoms with E-state index in [2.05, 4.69) is 5.32 Å². The van der Waals surface area contributed by atoms with E-state index in [1.165, 1.54) is 0 Å². The molecule has 0 bridgehead atoms. The second-order valence-corrected chi connectivity index (χ2v) is 9.76. The molecule has 8 nitrogen and oxygen atoms in total. The van der Waals surface area contributed by atoms with Gasteiger partial charge in [-0.2, -0.15) is 0 Å². The quantitative estimate of drug-likeness (QED) is 0.485. The van der Waals surface area contributed by atoms with Gasteiger partial charge in [-0.1, -0.05) is 6.08 Å². The Kier molecular flexibility index (Phi) is 8.58. The number of esters is 1. The van der Waals surface area contributed by atoms with Gasteiger partial charge in [0, 0.05) is 18.8 Å². The maximum atomic E-state index is 12.4. The smallest absolute Gasteiger partial charge is 0.410 e. The Bertz CT molecular complexity index is 912. The van der Waals surface area contributed by atoms with Gasteiger partial charge in [-0.25, -0.2) is 4.79 Å². The number of carbonyl (C=O) groups excluding carboxylic acids is 3. The molecule has 1 fully saturated rings. The molecule has 1 atom stereocenters. The van der Waals surface area contributed by atoms with E-state index >= 15 is 0 Å². The lowest BCUT2D eigenvalue weighted by molar-refractivity contribution is -0.145. The topological polar surface area (TPSA) is 94.2 Å². The molecule has 186 valence electrons. The molecule has 2 amide bonds. The molecule has 1 saturated heterocycles. The number of likely N-dealkylation sites (tertiary alicyclic amines) is 1. The van der Waals surface area contributed by atoms with E-state index in [0.29, 0.717) is 25.4 Å². The lowest BCUT2D eigenvalue weighted by atomic mass is 9.96. The fourth-order valence-electron chi connectivity index (χ4n) is 4.08. The van der Waals surface area contributed by atoms with Crippen LogP contribution < -0.4 is 10.1 Å². The maximum absolute atomic E-state index is 12.4. The normalized spacial score (nSPS) is 18.7. The van der Waals surface area contributed by atoms with Crippen molar-refractivity contribution in [3.63, 3.8) is 0 Å². The summed E-state index contributed by atoms with van der Waals surface area (Å²) >= 11 is 0. The SMILES string of the molecule is CCOC(=O)CC1CCc2cc(NC(=O)/C=C/C3CCN(C(=O)OC(C)(C)C)CC3)ccc2O1. The van der Waals surface area contributed by atoms with Crippen molar-refractivity contribution in [2.45, 2.75) is 71.5 Å². The highest BCUT2D eigenvalue weighted by atomic mass is 16.6. The molecule has 0 aromatic heterocycles. The van der Waals surface area contributed by atoms with Crippen LogP contribution in [-0.2, 0) is 25.5 Å². The summed E-state index contributed by atoms with van der Waals surface area (Å²) in [5, 5.41) is 2.90. The predicted molar refractivity (Wildman–Crippen MR) is 129 cm³/mol. The third-order valence-corrected chi connectivity index (χ3v) is 5.77. The fraction of sp³-hybridized carbons (Fsp3) is 0.577. The van der Waals surface area contributed by atoms with Crippen LogP contribution in [0.4, 0.5) is 10.5 Å². The number of piperidine rings is 1. The molecule has 1 aromatic carbocycles. The number of amides is 2. The van der Waals surface area contributed by atoms with Gasteiger partial charge in [0.05, 0.1) is 13.0 Å². The molecule has 0 spiro atoms. The fourth-order valence-corrected chi connectivity index (χ4v) is 4.08. The number of hydrogen-bond acceptors (Lipinski definition) is 6. The van der Waals surface area contributed by atoms with Crippen molar-refractivity contribution in [2.24, 2.45) is 5.92 Å². The lowest BCUT2D eigenvalue weighted by Crippen LogP contribution is -2.41. The number of allylic oxidation sites excluding steroid dienone is 1. The van der Waals surface area contributed by atoms with E-state index in [9.17, 15) is 14.4 Å². The third kappa shape index (κ3) is 7.78. The van der Waals surface area contributed by atoms with Crippen molar-refractivity contribution in [2.75, 3.05) is 25.0 Å². The molecular weight excluding hydrogens is 436 g/mol. The van der Waals surface area contributed by atoms with Gasteiger partial charge in [-0.05, 0) is 89.1 Å². The predicted octanol–water partition coefficient (Wildman–Crippen LogP) is 4.48. The van der Waals surface area contributed by atoms with E-state index in [1.807, 2.05) is 39.0 Å². The van der Waals surface area contributed by atoms with Crippen LogP contribution in [0.2, 0.25) is 0 Å². The highest BCUT2D eigenvalue weighted by Crippen LogP contribution is 2.31. The van der Waals surface area contributed by atoms with Crippen molar-refractivity contribution in [1.29, 1.82) is 0 Å². The number of nitrogens with one attached hydrogen (secondary N) is 1. The molecule has 8 heteroatoms. The second-order valence-electron chi connectivity index (χ2n) is 9.76. The Hall–Kier alpha value is -3.03. The zero-order valence-electron chi connectivity index (χ0n) is 20.6. The summed E-state index contributed by atoms with van der Waals surface area (Å²) in [6.45, 7) is 8.97. The average molecular weight is 473 g/mol. The van der Waals surface area contributed by atoms with Gasteiger partial charge < -0.3 is 24.4 Å². The van der Waals surface area contributed by atoms with Crippen molar-refractivity contribution >= 4 is 23.7 Å². The summed E-state index contributed by atoms with van der Waals surface area (Å²) < 4.78 is 16.3. The summed E-state index contributed by atoms with van der Waals surface area (Å²) in [5.74, 6) is 0.553. The van der Waals surface area contributed by atoms with E-state index in [0.717, 1.165) is 37.0 Å². The average Bonchev–Trinajstić information content (AvgIpc) is 2.77. The largest absolute Gasteiger partial charge is 0.490 e. The molecule has 2 aliphatic heterocycles. The number of rotatable bonds is 6. The van der Waals surface area contributed by atoms with E-state index in [1.54, 1.807) is 24.0 Å². The van der Waals surface area contributed by atoms with Gasteiger partial charge in [-0.3, -0.25) is 9.59 Å². The molecule has 34 heavy (non-hydrogen) atoms. The van der Waals surface area contributed by atoms with Crippen LogP contribution in [-0.4, -0.2) is 54.3 Å². The molecule has 1 unspecified atom stereocenters. The van der Waals surface area contributed by atoms with Crippen LogP contribution in [0.1, 0.15) is 58.9 Å². The Morgan fingerprint density at radius 2 is 1.91 bits per heavy atom. The summed E-state index contributed by atoms with van der Waals surface area (Å²) in [7, 11) is 0. The van der Waals surface area contributed by atoms with Crippen molar-refractivity contribution in [3.05, 3.63) is 35.9 Å². The number of ether oxygens (including phenoxy) is 3. The van der Waals surface area contributed by atoms with Crippen LogP contribution in [0, 0.1) is 5.92 Å². The minimum atomic E-state index is -0.501. The van der Waals surface area contributed by atoms with Crippen LogP contribution >= 0.6 is 0 Å². The Morgan fingerprint density at radius 1 is 1.18 bits per heavy atom. The van der Waals surface area contributed by atoms with Gasteiger partial charge in [0.2, 0.25) is 5.91 Å². The first kappa shape index (κ1) is 25.6. The van der Waals surface area contributed by atoms with Crippen LogP contribution in [0.15, 0.2) is 30.4 Å². The van der Waals surface area contributed by atoms with Crippen LogP contribution in [0.25, 0.3) is 0 Å². The number of aryl methyl sites for hydroxylation is 1. The van der Waals surface area contributed by atoms with Crippen molar-refractivity contribution in [1.82, 2.24) is 4.90 Å². The van der Waals surface area contributed by atoms with E-state index in [4.69, 9.17) is 14.2 Å². The monoisotopic (exact) mass is 472 g/mol. The van der Waals surface area contributed by atoms with Crippen LogP contribution in [0.3, 0.4) is 0 Å². The summed E-state index contributed by atoms with van der Waals surface area (Å²) in [4.78, 5) is 38.0. The molecule has 0 saturated carbocycles. The molecule has 2 aliphatic rings. The second kappa shape index (κ2) is 11.4. The summed E-state index contributed by atoms with van der Waals surface area (Å²) in [5.41, 5.74) is 1.22. The molecule has 2 heterocycles. The van der Waals surface area contributed by atoms with Gasteiger partial charge >= 0.3 is 12.1 Å². The number of carbonyl (C=O) groups is 3. The minimum Gasteiger partial charge on any atom is -0.490 e. The van der Waals surface area contributed by atoms with E-state index < -0.39 is 5.60 Å². The number of anilines is 1. The Labute approximate surface area is 201 Å². The first-order valence-corrected chi connectivity index (χ1v) is 12.0. The number of hydrogen-bond donors (Lipinski definition) is 1. The van der Waals surface area contributed by atoms with Gasteiger partial charge in [0.15, 0.2) is 0 Å². The third-order valence-electron chi connectivity index (χ3n) is 5.77. The van der Waals surface area contributed by atoms with Gasteiger partial charge in [0.25, 0.3) is 0 Å². The number of benzene rings is 1. The Morgan fingerprint density at radius 3 is 2.59 bits per heavy atom. The van der Waals surface area contributed by atoms with Gasteiger partial charge in [-0.15, -0.1) is 0 Å². The minimum absolute atomic E-state index is 0.184. The zero-order valence-corrected chi connectivity index (χ0v) is 20.6. The van der Waals surface area contributed by atoms with E-state index in [-0.39, 0.29) is 36.4 Å². The standard InChI is InChI=1S/C26H36N2O6/c1-5-32-24(30)17-21-9-7-19-16-20(8-10-22(19)33-21)27-23(29)11-6-18-12-14-28(15-13-18)25(31)34-26(2,3)4/h6,8,10-11,16,18,21H,5,7,9,12-15,17H2,1-4H3,(H,27,29)/b11-6+. The molecule has 1 N–H and O–H groups in total. The van der Waals surface area contributed by atoms with Crippen LogP contribution in [0.5, 0.6) is 5.75 Å². The molecule has 3 rings (SSSR count). The van der Waals surface area contributed by atoms with Crippen molar-refractivity contribution < 1.29 is 28.6 Å². The lowest BCUT2D eigenvalue weighted by Gasteiger charge is -2.32. The zero-order chi connectivity index (χ0) is 24.7. The molecule has 1 aromatic rings. The number of nitrogens with zero attached hydrogens (tertiary/aromatic N) is 1. The van der Waals surface area contributed by atoms with Gasteiger partial charge in [0.1, 0.15) is 17.5 Å². The maximum Gasteiger partial charge on any atom is 0.410 e. The summed E-state index contributed by atoms with van der Waals surface area (Å²) in [6.07, 6.45) is 6.36. The molecule has 0 aliphatic carbocycles.